The molecule has 0 bridgehead atoms. The number of hydrogen-bond acceptors (Lipinski definition) is 3. The molecular formula is C15H20N2O2S. The molecule has 5 heteroatoms. The predicted octanol–water partition coefficient (Wildman–Crippen LogP) is 2.72. The van der Waals surface area contributed by atoms with Gasteiger partial charge < -0.3 is 20.1 Å². The molecule has 0 saturated carbocycles. The second-order valence-electron chi connectivity index (χ2n) is 4.59. The summed E-state index contributed by atoms with van der Waals surface area (Å²) in [7, 11) is 0. The molecule has 0 aliphatic carbocycles. The summed E-state index contributed by atoms with van der Waals surface area (Å²) in [5.74, 6) is 0.814. The number of anilines is 1. The van der Waals surface area contributed by atoms with E-state index in [1.807, 2.05) is 24.3 Å². The molecule has 2 rings (SSSR count). The van der Waals surface area contributed by atoms with Gasteiger partial charge in [0.2, 0.25) is 0 Å². The second-order valence-corrected chi connectivity index (χ2v) is 5.00. The summed E-state index contributed by atoms with van der Waals surface area (Å²) in [4.78, 5) is 0. The molecular weight excluding hydrogens is 272 g/mol. The van der Waals surface area contributed by atoms with E-state index in [4.69, 9.17) is 21.7 Å². The highest BCUT2D eigenvalue weighted by Gasteiger charge is 2.15. The van der Waals surface area contributed by atoms with Crippen molar-refractivity contribution in [2.45, 2.75) is 18.9 Å². The van der Waals surface area contributed by atoms with Gasteiger partial charge in [-0.05, 0) is 49.3 Å². The Bertz CT molecular complexity index is 442. The van der Waals surface area contributed by atoms with Gasteiger partial charge in [-0.15, -0.1) is 0 Å². The Morgan fingerprint density at radius 1 is 1.45 bits per heavy atom. The van der Waals surface area contributed by atoms with E-state index < -0.39 is 0 Å². The zero-order valence-corrected chi connectivity index (χ0v) is 12.2. The quantitative estimate of drug-likeness (QED) is 0.623. The summed E-state index contributed by atoms with van der Waals surface area (Å²) < 4.78 is 11.0. The lowest BCUT2D eigenvalue weighted by atomic mass is 10.2. The van der Waals surface area contributed by atoms with Crippen molar-refractivity contribution in [3.05, 3.63) is 36.9 Å². The molecule has 1 aromatic carbocycles. The number of hydrogen-bond donors (Lipinski definition) is 2. The topological polar surface area (TPSA) is 42.5 Å². The third-order valence-corrected chi connectivity index (χ3v) is 3.24. The minimum absolute atomic E-state index is 0.282. The summed E-state index contributed by atoms with van der Waals surface area (Å²) in [6, 6.07) is 7.65. The molecule has 1 aliphatic heterocycles. The first-order valence-corrected chi connectivity index (χ1v) is 7.19. The van der Waals surface area contributed by atoms with Gasteiger partial charge in [0.1, 0.15) is 12.4 Å². The molecule has 0 radical (unpaired) electrons. The molecule has 0 aromatic heterocycles. The highest BCUT2D eigenvalue weighted by atomic mass is 32.1. The van der Waals surface area contributed by atoms with Crippen LogP contribution in [0.2, 0.25) is 0 Å². The van der Waals surface area contributed by atoms with Crippen LogP contribution in [0.25, 0.3) is 0 Å². The Labute approximate surface area is 125 Å². The van der Waals surface area contributed by atoms with Crippen LogP contribution in [0.1, 0.15) is 12.8 Å². The van der Waals surface area contributed by atoms with Crippen LogP contribution in [0.3, 0.4) is 0 Å². The molecule has 0 amide bonds. The molecule has 20 heavy (non-hydrogen) atoms. The monoisotopic (exact) mass is 292 g/mol. The highest BCUT2D eigenvalue weighted by Crippen LogP contribution is 2.15. The standard InChI is InChI=1S/C15H20N2O2S/c1-2-9-18-13-7-5-12(6-8-13)17-15(20)16-11-14-4-3-10-19-14/h2,5-8,14H,1,3-4,9-11H2,(H2,16,17,20)/t14-/m0/s1. The average molecular weight is 292 g/mol. The number of nitrogens with one attached hydrogen (secondary N) is 2. The van der Waals surface area contributed by atoms with Gasteiger partial charge >= 0.3 is 0 Å². The van der Waals surface area contributed by atoms with Crippen LogP contribution in [0.5, 0.6) is 5.75 Å². The number of rotatable bonds is 6. The van der Waals surface area contributed by atoms with Gasteiger partial charge in [0.25, 0.3) is 0 Å². The third kappa shape index (κ3) is 4.83. The maximum Gasteiger partial charge on any atom is 0.170 e. The fourth-order valence-electron chi connectivity index (χ4n) is 1.98. The molecule has 1 saturated heterocycles. The number of thiocarbonyl (C=S) groups is 1. The maximum atomic E-state index is 5.53. The molecule has 108 valence electrons. The van der Waals surface area contributed by atoms with E-state index in [-0.39, 0.29) is 6.10 Å². The molecule has 2 N–H and O–H groups in total. The van der Waals surface area contributed by atoms with Crippen LogP contribution < -0.4 is 15.4 Å². The van der Waals surface area contributed by atoms with Crippen LogP contribution >= 0.6 is 12.2 Å². The minimum atomic E-state index is 0.282. The van der Waals surface area contributed by atoms with E-state index >= 15 is 0 Å². The van der Waals surface area contributed by atoms with Gasteiger partial charge in [0.15, 0.2) is 5.11 Å². The summed E-state index contributed by atoms with van der Waals surface area (Å²) in [5.41, 5.74) is 0.931. The van der Waals surface area contributed by atoms with E-state index in [0.29, 0.717) is 11.7 Å². The lowest BCUT2D eigenvalue weighted by Gasteiger charge is -2.14. The van der Waals surface area contributed by atoms with Gasteiger partial charge in [0, 0.05) is 18.8 Å². The molecule has 1 fully saturated rings. The van der Waals surface area contributed by atoms with Gasteiger partial charge in [-0.1, -0.05) is 12.7 Å². The van der Waals surface area contributed by atoms with Gasteiger partial charge in [0.05, 0.1) is 6.10 Å². The summed E-state index contributed by atoms with van der Waals surface area (Å²) in [5, 5.41) is 6.92. The fraction of sp³-hybridized carbons (Fsp3) is 0.400. The van der Waals surface area contributed by atoms with Gasteiger partial charge in [-0.2, -0.15) is 0 Å². The normalized spacial score (nSPS) is 17.5. The van der Waals surface area contributed by atoms with Crippen molar-refractivity contribution in [3.63, 3.8) is 0 Å². The average Bonchev–Trinajstić information content (AvgIpc) is 2.98. The van der Waals surface area contributed by atoms with Crippen molar-refractivity contribution in [1.82, 2.24) is 5.32 Å². The van der Waals surface area contributed by atoms with E-state index in [1.165, 1.54) is 0 Å². The van der Waals surface area contributed by atoms with Crippen LogP contribution in [-0.2, 0) is 4.74 Å². The van der Waals surface area contributed by atoms with Crippen molar-refractivity contribution >= 4 is 23.0 Å². The summed E-state index contributed by atoms with van der Waals surface area (Å²) in [6.45, 7) is 5.74. The summed E-state index contributed by atoms with van der Waals surface area (Å²) >= 11 is 5.25. The van der Waals surface area contributed by atoms with E-state index in [0.717, 1.165) is 37.4 Å². The fourth-order valence-corrected chi connectivity index (χ4v) is 2.18. The van der Waals surface area contributed by atoms with Crippen molar-refractivity contribution < 1.29 is 9.47 Å². The SMILES string of the molecule is C=CCOc1ccc(NC(=S)NC[C@@H]2CCCO2)cc1. The van der Waals surface area contributed by atoms with Gasteiger partial charge in [-0.3, -0.25) is 0 Å². The number of benzene rings is 1. The Balaban J connectivity index is 1.74. The Morgan fingerprint density at radius 2 is 2.25 bits per heavy atom. The molecule has 1 atom stereocenters. The Kier molecular flexibility index (Phi) is 5.83. The zero-order valence-electron chi connectivity index (χ0n) is 11.4. The minimum Gasteiger partial charge on any atom is -0.490 e. The maximum absolute atomic E-state index is 5.53. The largest absolute Gasteiger partial charge is 0.490 e. The van der Waals surface area contributed by atoms with Crippen molar-refractivity contribution in [1.29, 1.82) is 0 Å². The van der Waals surface area contributed by atoms with Crippen molar-refractivity contribution in [2.75, 3.05) is 25.1 Å². The number of ether oxygens (including phenoxy) is 2. The molecule has 1 heterocycles. The lowest BCUT2D eigenvalue weighted by molar-refractivity contribution is 0.114. The van der Waals surface area contributed by atoms with Crippen molar-refractivity contribution in [2.24, 2.45) is 0 Å². The molecule has 0 unspecified atom stereocenters. The summed E-state index contributed by atoms with van der Waals surface area (Å²) in [6.07, 6.45) is 4.24. The van der Waals surface area contributed by atoms with E-state index in [1.54, 1.807) is 6.08 Å². The zero-order chi connectivity index (χ0) is 14.2. The van der Waals surface area contributed by atoms with Crippen LogP contribution in [0.4, 0.5) is 5.69 Å². The molecule has 1 aliphatic rings. The first-order valence-electron chi connectivity index (χ1n) is 6.78. The third-order valence-electron chi connectivity index (χ3n) is 2.99. The second kappa shape index (κ2) is 7.87. The Hall–Kier alpha value is -1.59. The first-order chi connectivity index (χ1) is 9.78. The predicted molar refractivity (Wildman–Crippen MR) is 85.3 cm³/mol. The van der Waals surface area contributed by atoms with Crippen molar-refractivity contribution in [3.8, 4) is 5.75 Å². The molecule has 0 spiro atoms. The Morgan fingerprint density at radius 3 is 2.90 bits per heavy atom. The highest BCUT2D eigenvalue weighted by molar-refractivity contribution is 7.80. The van der Waals surface area contributed by atoms with Crippen LogP contribution in [0.15, 0.2) is 36.9 Å². The first kappa shape index (κ1) is 14.8. The molecule has 1 aromatic rings. The van der Waals surface area contributed by atoms with E-state index in [9.17, 15) is 0 Å². The smallest absolute Gasteiger partial charge is 0.170 e. The van der Waals surface area contributed by atoms with E-state index in [2.05, 4.69) is 17.2 Å². The van der Waals surface area contributed by atoms with Crippen LogP contribution in [-0.4, -0.2) is 31.0 Å². The molecule has 4 nitrogen and oxygen atoms in total. The van der Waals surface area contributed by atoms with Gasteiger partial charge in [-0.25, -0.2) is 0 Å². The van der Waals surface area contributed by atoms with Crippen LogP contribution in [0, 0.1) is 0 Å². The lowest BCUT2D eigenvalue weighted by Crippen LogP contribution is -2.34.